The zero-order valence-corrected chi connectivity index (χ0v) is 10.1. The van der Waals surface area contributed by atoms with Crippen LogP contribution in [0, 0.1) is 10.1 Å². The van der Waals surface area contributed by atoms with Crippen LogP contribution in [0.25, 0.3) is 0 Å². The van der Waals surface area contributed by atoms with E-state index in [9.17, 15) is 14.9 Å². The van der Waals surface area contributed by atoms with Crippen molar-refractivity contribution in [2.45, 2.75) is 25.4 Å². The third kappa shape index (κ3) is 2.84. The van der Waals surface area contributed by atoms with Gasteiger partial charge in [0.05, 0.1) is 4.92 Å². The van der Waals surface area contributed by atoms with Gasteiger partial charge in [0, 0.05) is 37.2 Å². The molecule has 1 aromatic rings. The maximum atomic E-state index is 11.1. The fourth-order valence-electron chi connectivity index (χ4n) is 2.06. The van der Waals surface area contributed by atoms with Gasteiger partial charge in [-0.05, 0) is 12.5 Å². The molecule has 96 valence electrons. The van der Waals surface area contributed by atoms with Crippen molar-refractivity contribution in [1.82, 2.24) is 10.6 Å². The second-order valence-electron chi connectivity index (χ2n) is 4.44. The molecule has 0 saturated carbocycles. The van der Waals surface area contributed by atoms with E-state index in [1.807, 2.05) is 6.92 Å². The summed E-state index contributed by atoms with van der Waals surface area (Å²) >= 11 is 0. The van der Waals surface area contributed by atoms with Crippen molar-refractivity contribution in [3.63, 3.8) is 0 Å². The lowest BCUT2D eigenvalue weighted by atomic mass is 10.1. The molecular weight excluding hydrogens is 234 g/mol. The standard InChI is InChI=1S/C12H15N3O3/c1-8(14-10-6-12(16)13-7-10)9-2-4-11(5-3-9)15(17)18/h2-5,8,10,14H,6-7H2,1H3,(H,13,16). The van der Waals surface area contributed by atoms with Crippen molar-refractivity contribution in [2.24, 2.45) is 0 Å². The summed E-state index contributed by atoms with van der Waals surface area (Å²) in [4.78, 5) is 21.2. The molecule has 1 aromatic carbocycles. The van der Waals surface area contributed by atoms with Crippen molar-refractivity contribution >= 4 is 11.6 Å². The first-order valence-electron chi connectivity index (χ1n) is 5.83. The zero-order valence-electron chi connectivity index (χ0n) is 10.1. The lowest BCUT2D eigenvalue weighted by Crippen LogP contribution is -2.33. The normalized spacial score (nSPS) is 20.5. The van der Waals surface area contributed by atoms with Crippen LogP contribution in [0.3, 0.4) is 0 Å². The van der Waals surface area contributed by atoms with Crippen molar-refractivity contribution in [3.8, 4) is 0 Å². The predicted octanol–water partition coefficient (Wildman–Crippen LogP) is 1.13. The van der Waals surface area contributed by atoms with Crippen molar-refractivity contribution in [2.75, 3.05) is 6.54 Å². The van der Waals surface area contributed by atoms with E-state index in [0.717, 1.165) is 5.56 Å². The summed E-state index contributed by atoms with van der Waals surface area (Å²) in [6.45, 7) is 2.61. The molecule has 0 spiro atoms. The molecule has 6 nitrogen and oxygen atoms in total. The van der Waals surface area contributed by atoms with Gasteiger partial charge in [0.2, 0.25) is 5.91 Å². The Hall–Kier alpha value is -1.95. The van der Waals surface area contributed by atoms with E-state index in [4.69, 9.17) is 0 Å². The second-order valence-corrected chi connectivity index (χ2v) is 4.44. The summed E-state index contributed by atoms with van der Waals surface area (Å²) in [6.07, 6.45) is 0.483. The fourth-order valence-corrected chi connectivity index (χ4v) is 2.06. The fraction of sp³-hybridized carbons (Fsp3) is 0.417. The molecular formula is C12H15N3O3. The van der Waals surface area contributed by atoms with Gasteiger partial charge < -0.3 is 10.6 Å². The summed E-state index contributed by atoms with van der Waals surface area (Å²) in [5.74, 6) is 0.0587. The molecule has 1 aliphatic heterocycles. The van der Waals surface area contributed by atoms with Crippen LogP contribution in [-0.4, -0.2) is 23.4 Å². The molecule has 0 aliphatic carbocycles. The van der Waals surface area contributed by atoms with Gasteiger partial charge in [-0.15, -0.1) is 0 Å². The Balaban J connectivity index is 1.98. The molecule has 1 aliphatic rings. The Labute approximate surface area is 105 Å². The van der Waals surface area contributed by atoms with Gasteiger partial charge in [0.15, 0.2) is 0 Å². The van der Waals surface area contributed by atoms with Gasteiger partial charge in [0.25, 0.3) is 5.69 Å². The number of hydrogen-bond acceptors (Lipinski definition) is 4. The molecule has 0 bridgehead atoms. The van der Waals surface area contributed by atoms with Gasteiger partial charge in [-0.3, -0.25) is 14.9 Å². The number of carbonyl (C=O) groups is 1. The molecule has 6 heteroatoms. The number of carbonyl (C=O) groups excluding carboxylic acids is 1. The summed E-state index contributed by atoms with van der Waals surface area (Å²) in [6, 6.07) is 6.64. The number of benzene rings is 1. The predicted molar refractivity (Wildman–Crippen MR) is 66.1 cm³/mol. The lowest BCUT2D eigenvalue weighted by molar-refractivity contribution is -0.384. The van der Waals surface area contributed by atoms with Crippen LogP contribution >= 0.6 is 0 Å². The van der Waals surface area contributed by atoms with E-state index >= 15 is 0 Å². The van der Waals surface area contributed by atoms with Gasteiger partial charge in [-0.25, -0.2) is 0 Å². The van der Waals surface area contributed by atoms with E-state index in [-0.39, 0.29) is 23.7 Å². The van der Waals surface area contributed by atoms with E-state index in [1.54, 1.807) is 12.1 Å². The maximum Gasteiger partial charge on any atom is 0.269 e. The molecule has 2 unspecified atom stereocenters. The third-order valence-corrected chi connectivity index (χ3v) is 3.07. The molecule has 2 N–H and O–H groups in total. The Morgan fingerprint density at radius 3 is 2.61 bits per heavy atom. The van der Waals surface area contributed by atoms with Gasteiger partial charge in [0.1, 0.15) is 0 Å². The highest BCUT2D eigenvalue weighted by atomic mass is 16.6. The topological polar surface area (TPSA) is 84.3 Å². The lowest BCUT2D eigenvalue weighted by Gasteiger charge is -2.18. The summed E-state index contributed by atoms with van der Waals surface area (Å²) in [7, 11) is 0. The van der Waals surface area contributed by atoms with E-state index in [2.05, 4.69) is 10.6 Å². The number of amides is 1. The van der Waals surface area contributed by atoms with Crippen molar-refractivity contribution in [3.05, 3.63) is 39.9 Å². The van der Waals surface area contributed by atoms with Crippen LogP contribution in [0.1, 0.15) is 24.9 Å². The number of nitrogens with one attached hydrogen (secondary N) is 2. The van der Waals surface area contributed by atoms with Crippen LogP contribution < -0.4 is 10.6 Å². The van der Waals surface area contributed by atoms with E-state index in [0.29, 0.717) is 13.0 Å². The molecule has 1 saturated heterocycles. The summed E-state index contributed by atoms with van der Waals surface area (Å²) in [5, 5.41) is 16.6. The minimum Gasteiger partial charge on any atom is -0.354 e. The van der Waals surface area contributed by atoms with Crippen LogP contribution in [0.15, 0.2) is 24.3 Å². The smallest absolute Gasteiger partial charge is 0.269 e. The summed E-state index contributed by atoms with van der Waals surface area (Å²) < 4.78 is 0. The minimum atomic E-state index is -0.415. The number of non-ortho nitro benzene ring substituents is 1. The Morgan fingerprint density at radius 1 is 1.44 bits per heavy atom. The number of hydrogen-bond donors (Lipinski definition) is 2. The monoisotopic (exact) mass is 249 g/mol. The average molecular weight is 249 g/mol. The Morgan fingerprint density at radius 2 is 2.11 bits per heavy atom. The van der Waals surface area contributed by atoms with Crippen molar-refractivity contribution < 1.29 is 9.72 Å². The molecule has 18 heavy (non-hydrogen) atoms. The molecule has 0 radical (unpaired) electrons. The Kier molecular flexibility index (Phi) is 3.57. The highest BCUT2D eigenvalue weighted by Gasteiger charge is 2.22. The van der Waals surface area contributed by atoms with Crippen molar-refractivity contribution in [1.29, 1.82) is 0 Å². The quantitative estimate of drug-likeness (QED) is 0.619. The highest BCUT2D eigenvalue weighted by molar-refractivity contribution is 5.78. The van der Waals surface area contributed by atoms with Crippen LogP contribution in [0.2, 0.25) is 0 Å². The van der Waals surface area contributed by atoms with Gasteiger partial charge >= 0.3 is 0 Å². The van der Waals surface area contributed by atoms with Gasteiger partial charge in [-0.1, -0.05) is 12.1 Å². The largest absolute Gasteiger partial charge is 0.354 e. The number of rotatable bonds is 4. The number of nitro groups is 1. The first-order chi connectivity index (χ1) is 8.56. The van der Waals surface area contributed by atoms with E-state index < -0.39 is 4.92 Å². The number of nitro benzene ring substituents is 1. The average Bonchev–Trinajstić information content (AvgIpc) is 2.75. The second kappa shape index (κ2) is 5.14. The third-order valence-electron chi connectivity index (χ3n) is 3.07. The first kappa shape index (κ1) is 12.5. The zero-order chi connectivity index (χ0) is 13.1. The van der Waals surface area contributed by atoms with Crippen LogP contribution in [0.5, 0.6) is 0 Å². The van der Waals surface area contributed by atoms with Crippen LogP contribution in [-0.2, 0) is 4.79 Å². The molecule has 1 heterocycles. The van der Waals surface area contributed by atoms with Gasteiger partial charge in [-0.2, -0.15) is 0 Å². The molecule has 1 amide bonds. The minimum absolute atomic E-state index is 0.0587. The molecule has 2 rings (SSSR count). The van der Waals surface area contributed by atoms with Crippen LogP contribution in [0.4, 0.5) is 5.69 Å². The molecule has 2 atom stereocenters. The Bertz CT molecular complexity index is 458. The highest BCUT2D eigenvalue weighted by Crippen LogP contribution is 2.18. The molecule has 1 fully saturated rings. The maximum absolute atomic E-state index is 11.1. The summed E-state index contributed by atoms with van der Waals surface area (Å²) in [5.41, 5.74) is 1.06. The molecule has 0 aromatic heterocycles. The SMILES string of the molecule is CC(NC1CNC(=O)C1)c1ccc([N+](=O)[O-])cc1. The first-order valence-corrected chi connectivity index (χ1v) is 5.83. The number of nitrogens with zero attached hydrogens (tertiary/aromatic N) is 1. The van der Waals surface area contributed by atoms with E-state index in [1.165, 1.54) is 12.1 Å².